The Morgan fingerprint density at radius 3 is 2.52 bits per heavy atom. The third kappa shape index (κ3) is 5.82. The minimum absolute atomic E-state index is 0.117. The SMILES string of the molecule is COc1ccc(C(C)=O)cc1CC(=O)OCC(=O)Nc1cc(Cl)ccc1C. The van der Waals surface area contributed by atoms with Gasteiger partial charge in [-0.05, 0) is 49.7 Å². The first-order valence-electron chi connectivity index (χ1n) is 8.19. The van der Waals surface area contributed by atoms with Crippen molar-refractivity contribution in [1.29, 1.82) is 0 Å². The molecule has 0 saturated carbocycles. The number of esters is 1. The molecule has 0 spiro atoms. The van der Waals surface area contributed by atoms with Gasteiger partial charge >= 0.3 is 5.97 Å². The van der Waals surface area contributed by atoms with E-state index in [2.05, 4.69) is 5.32 Å². The van der Waals surface area contributed by atoms with Crippen LogP contribution in [0.3, 0.4) is 0 Å². The standard InChI is InChI=1S/C20H20ClNO5/c1-12-4-6-16(21)10-17(12)22-19(24)11-27-20(25)9-15-8-14(13(2)23)5-7-18(15)26-3/h4-8,10H,9,11H2,1-3H3,(H,22,24). The van der Waals surface area contributed by atoms with Crippen molar-refractivity contribution in [3.63, 3.8) is 0 Å². The van der Waals surface area contributed by atoms with E-state index in [4.69, 9.17) is 21.1 Å². The Morgan fingerprint density at radius 1 is 1.11 bits per heavy atom. The Balaban J connectivity index is 1.96. The molecule has 0 unspecified atom stereocenters. The summed E-state index contributed by atoms with van der Waals surface area (Å²) >= 11 is 5.91. The molecule has 0 saturated heterocycles. The maximum atomic E-state index is 12.1. The summed E-state index contributed by atoms with van der Waals surface area (Å²) in [7, 11) is 1.47. The van der Waals surface area contributed by atoms with Crippen LogP contribution in [0, 0.1) is 6.92 Å². The fourth-order valence-electron chi connectivity index (χ4n) is 2.40. The number of aryl methyl sites for hydroxylation is 1. The number of carbonyl (C=O) groups is 3. The van der Waals surface area contributed by atoms with E-state index in [1.807, 2.05) is 6.92 Å². The van der Waals surface area contributed by atoms with Gasteiger partial charge in [0, 0.05) is 21.8 Å². The van der Waals surface area contributed by atoms with Crippen molar-refractivity contribution in [2.75, 3.05) is 19.0 Å². The summed E-state index contributed by atoms with van der Waals surface area (Å²) < 4.78 is 10.2. The summed E-state index contributed by atoms with van der Waals surface area (Å²) in [6, 6.07) is 9.94. The van der Waals surface area contributed by atoms with Gasteiger partial charge in [0.25, 0.3) is 5.91 Å². The van der Waals surface area contributed by atoms with Crippen molar-refractivity contribution in [2.24, 2.45) is 0 Å². The number of rotatable bonds is 7. The molecule has 0 aliphatic carbocycles. The lowest BCUT2D eigenvalue weighted by atomic mass is 10.0. The Kier molecular flexibility index (Phi) is 6.96. The maximum absolute atomic E-state index is 12.1. The van der Waals surface area contributed by atoms with Crippen molar-refractivity contribution in [3.05, 3.63) is 58.1 Å². The van der Waals surface area contributed by atoms with Crippen LogP contribution in [0.4, 0.5) is 5.69 Å². The van der Waals surface area contributed by atoms with E-state index >= 15 is 0 Å². The Morgan fingerprint density at radius 2 is 1.85 bits per heavy atom. The molecular formula is C20H20ClNO5. The van der Waals surface area contributed by atoms with Gasteiger partial charge in [-0.15, -0.1) is 0 Å². The third-order valence-electron chi connectivity index (χ3n) is 3.86. The van der Waals surface area contributed by atoms with Crippen LogP contribution in [0.15, 0.2) is 36.4 Å². The van der Waals surface area contributed by atoms with E-state index in [-0.39, 0.29) is 12.2 Å². The number of anilines is 1. The molecule has 1 amide bonds. The fraction of sp³-hybridized carbons (Fsp3) is 0.250. The van der Waals surface area contributed by atoms with Gasteiger partial charge in [0.1, 0.15) is 5.75 Å². The fourth-order valence-corrected chi connectivity index (χ4v) is 2.58. The van der Waals surface area contributed by atoms with E-state index in [1.165, 1.54) is 14.0 Å². The quantitative estimate of drug-likeness (QED) is 0.578. The van der Waals surface area contributed by atoms with Crippen molar-refractivity contribution >= 4 is 34.9 Å². The zero-order valence-corrected chi connectivity index (χ0v) is 16.1. The molecule has 0 atom stereocenters. The number of ether oxygens (including phenoxy) is 2. The van der Waals surface area contributed by atoms with E-state index < -0.39 is 18.5 Å². The van der Waals surface area contributed by atoms with Crippen molar-refractivity contribution < 1.29 is 23.9 Å². The number of hydrogen-bond acceptors (Lipinski definition) is 5. The summed E-state index contributed by atoms with van der Waals surface area (Å²) in [5, 5.41) is 3.14. The van der Waals surface area contributed by atoms with Crippen molar-refractivity contribution in [2.45, 2.75) is 20.3 Å². The molecule has 0 aromatic heterocycles. The number of carbonyl (C=O) groups excluding carboxylic acids is 3. The second-order valence-electron chi connectivity index (χ2n) is 5.93. The van der Waals surface area contributed by atoms with Gasteiger partial charge in [-0.1, -0.05) is 17.7 Å². The highest BCUT2D eigenvalue weighted by atomic mass is 35.5. The summed E-state index contributed by atoms with van der Waals surface area (Å²) in [6.45, 7) is 2.83. The van der Waals surface area contributed by atoms with Crippen LogP contribution in [0.1, 0.15) is 28.4 Å². The zero-order chi connectivity index (χ0) is 20.0. The van der Waals surface area contributed by atoms with Crippen molar-refractivity contribution in [3.8, 4) is 5.75 Å². The lowest BCUT2D eigenvalue weighted by Gasteiger charge is -2.11. The van der Waals surface area contributed by atoms with Gasteiger partial charge in [-0.25, -0.2) is 0 Å². The molecule has 142 valence electrons. The van der Waals surface area contributed by atoms with E-state index in [0.29, 0.717) is 27.6 Å². The molecule has 0 radical (unpaired) electrons. The molecule has 0 fully saturated rings. The average molecular weight is 390 g/mol. The van der Waals surface area contributed by atoms with Crippen LogP contribution in [-0.4, -0.2) is 31.4 Å². The summed E-state index contributed by atoms with van der Waals surface area (Å²) in [6.07, 6.45) is -0.117. The predicted octanol–water partition coefficient (Wildman–Crippen LogP) is 3.58. The van der Waals surface area contributed by atoms with Crippen LogP contribution in [-0.2, 0) is 20.7 Å². The number of methoxy groups -OCH3 is 1. The lowest BCUT2D eigenvalue weighted by Crippen LogP contribution is -2.22. The van der Waals surface area contributed by atoms with E-state index in [0.717, 1.165) is 5.56 Å². The first kappa shape index (κ1) is 20.5. The van der Waals surface area contributed by atoms with Crippen LogP contribution in [0.5, 0.6) is 5.75 Å². The maximum Gasteiger partial charge on any atom is 0.310 e. The molecule has 0 bridgehead atoms. The van der Waals surface area contributed by atoms with Gasteiger partial charge in [-0.2, -0.15) is 0 Å². The first-order chi connectivity index (χ1) is 12.8. The molecule has 2 aromatic carbocycles. The van der Waals surface area contributed by atoms with Gasteiger partial charge in [0.05, 0.1) is 13.5 Å². The number of hydrogen-bond donors (Lipinski definition) is 1. The van der Waals surface area contributed by atoms with Gasteiger partial charge in [-0.3, -0.25) is 14.4 Å². The number of Topliss-reactive ketones (excluding diaryl/α,β-unsaturated/α-hetero) is 1. The average Bonchev–Trinajstić information content (AvgIpc) is 2.63. The Bertz CT molecular complexity index is 879. The summed E-state index contributed by atoms with van der Waals surface area (Å²) in [5.41, 5.74) is 2.37. The highest BCUT2D eigenvalue weighted by Crippen LogP contribution is 2.22. The predicted molar refractivity (Wildman–Crippen MR) is 102 cm³/mol. The van der Waals surface area contributed by atoms with Gasteiger partial charge < -0.3 is 14.8 Å². The Labute approximate surface area is 162 Å². The van der Waals surface area contributed by atoms with Gasteiger partial charge in [0.15, 0.2) is 12.4 Å². The molecule has 7 heteroatoms. The van der Waals surface area contributed by atoms with Crippen LogP contribution < -0.4 is 10.1 Å². The molecule has 0 heterocycles. The molecule has 1 N–H and O–H groups in total. The summed E-state index contributed by atoms with van der Waals surface area (Å²) in [5.74, 6) is -0.732. The second kappa shape index (κ2) is 9.19. The molecule has 0 aliphatic heterocycles. The smallest absolute Gasteiger partial charge is 0.310 e. The number of benzene rings is 2. The minimum Gasteiger partial charge on any atom is -0.496 e. The highest BCUT2D eigenvalue weighted by Gasteiger charge is 2.14. The second-order valence-corrected chi connectivity index (χ2v) is 6.36. The lowest BCUT2D eigenvalue weighted by molar-refractivity contribution is -0.146. The monoisotopic (exact) mass is 389 g/mol. The number of halogens is 1. The van der Waals surface area contributed by atoms with Gasteiger partial charge in [0.2, 0.25) is 0 Å². The summed E-state index contributed by atoms with van der Waals surface area (Å²) in [4.78, 5) is 35.6. The number of ketones is 1. The van der Waals surface area contributed by atoms with Crippen molar-refractivity contribution in [1.82, 2.24) is 0 Å². The third-order valence-corrected chi connectivity index (χ3v) is 4.09. The van der Waals surface area contributed by atoms with Crippen LogP contribution >= 0.6 is 11.6 Å². The number of nitrogens with one attached hydrogen (secondary N) is 1. The van der Waals surface area contributed by atoms with Crippen LogP contribution in [0.25, 0.3) is 0 Å². The highest BCUT2D eigenvalue weighted by molar-refractivity contribution is 6.31. The number of amides is 1. The molecule has 6 nitrogen and oxygen atoms in total. The molecule has 2 aromatic rings. The molecule has 2 rings (SSSR count). The van der Waals surface area contributed by atoms with Crippen LogP contribution in [0.2, 0.25) is 5.02 Å². The molecule has 0 aliphatic rings. The first-order valence-corrected chi connectivity index (χ1v) is 8.57. The zero-order valence-electron chi connectivity index (χ0n) is 15.3. The topological polar surface area (TPSA) is 81.7 Å². The molecule has 27 heavy (non-hydrogen) atoms. The molecular weight excluding hydrogens is 370 g/mol. The van der Waals surface area contributed by atoms with E-state index in [9.17, 15) is 14.4 Å². The minimum atomic E-state index is -0.605. The normalized spacial score (nSPS) is 10.2. The Hall–Kier alpha value is -2.86. The van der Waals surface area contributed by atoms with E-state index in [1.54, 1.807) is 36.4 Å². The largest absolute Gasteiger partial charge is 0.496 e.